The van der Waals surface area contributed by atoms with Crippen LogP contribution >= 0.6 is 0 Å². The quantitative estimate of drug-likeness (QED) is 0.332. The Balaban J connectivity index is 0. The molecule has 1 radical (unpaired) electrons. The predicted octanol–water partition coefficient (Wildman–Crippen LogP) is -9.11. The number of hydrogen-bond donors (Lipinski definition) is 0. The molecule has 0 aromatic heterocycles. The third-order valence-electron chi connectivity index (χ3n) is 0. The van der Waals surface area contributed by atoms with Gasteiger partial charge in [0.05, 0.1) is 0 Å². The zero-order valence-corrected chi connectivity index (χ0v) is 11.6. The van der Waals surface area contributed by atoms with Gasteiger partial charge in [-0.15, -0.1) is 0 Å². The van der Waals surface area contributed by atoms with Gasteiger partial charge >= 0.3 is 103 Å². The Labute approximate surface area is 135 Å². The van der Waals surface area contributed by atoms with Crippen LogP contribution in [0.3, 0.4) is 0 Å². The number of hydrogen-bond acceptors (Lipinski definition) is 0. The topological polar surface area (TPSA) is 28.5 Å². The van der Waals surface area contributed by atoms with Gasteiger partial charge in [-0.05, 0) is 0 Å². The fraction of sp³-hybridized carbons (Fsp3) is 0. The van der Waals surface area contributed by atoms with E-state index in [2.05, 4.69) is 0 Å². The minimum Gasteiger partial charge on any atom is -2.00 e. The molecule has 0 aromatic carbocycles. The van der Waals surface area contributed by atoms with Crippen LogP contribution in [0, 0.1) is 0 Å². The van der Waals surface area contributed by atoms with Gasteiger partial charge in [-0.1, -0.05) is 0 Å². The Hall–Kier alpha value is 4.11. The van der Waals surface area contributed by atoms with Gasteiger partial charge in [-0.2, -0.15) is 0 Å². The number of halogens is 1. The van der Waals surface area contributed by atoms with Crippen LogP contribution in [0.4, 0.5) is 0 Å². The van der Waals surface area contributed by atoms with E-state index >= 15 is 0 Å². The molecule has 0 bridgehead atoms. The second-order valence-electron chi connectivity index (χ2n) is 0. The van der Waals surface area contributed by atoms with Crippen LogP contribution in [0.5, 0.6) is 0 Å². The Morgan fingerprint density at radius 2 is 0.800 bits per heavy atom. The molecule has 0 spiro atoms. The summed E-state index contributed by atoms with van der Waals surface area (Å²) in [4.78, 5) is 0. The minimum absolute atomic E-state index is 0. The summed E-state index contributed by atoms with van der Waals surface area (Å²) in [5, 5.41) is 0. The monoisotopic (exact) mass is 180 g/mol. The van der Waals surface area contributed by atoms with Gasteiger partial charge in [-0.25, -0.2) is 0 Å². The molecule has 0 aromatic rings. The van der Waals surface area contributed by atoms with Crippen LogP contribution < -0.4 is 115 Å². The molecule has 0 atom stereocenters. The first-order chi connectivity index (χ1) is 0. The van der Waals surface area contributed by atoms with E-state index in [0.29, 0.717) is 0 Å². The predicted molar refractivity (Wildman–Crippen MR) is 0.686 cm³/mol. The fourth-order valence-electron chi connectivity index (χ4n) is 0. The molecule has 0 fully saturated rings. The maximum atomic E-state index is 0. The van der Waals surface area contributed by atoms with Crippen molar-refractivity contribution < 1.29 is 139 Å². The summed E-state index contributed by atoms with van der Waals surface area (Å²) in [5.74, 6) is 0. The van der Waals surface area contributed by atoms with Crippen molar-refractivity contribution in [3.05, 3.63) is 0 Å². The molecule has 0 saturated heterocycles. The molecule has 0 aliphatic rings. The van der Waals surface area contributed by atoms with Crippen molar-refractivity contribution >= 4 is 0 Å². The van der Waals surface area contributed by atoms with E-state index in [4.69, 9.17) is 0 Å². The Morgan fingerprint density at radius 3 is 0.800 bits per heavy atom. The average Bonchev–Trinajstić information content (AvgIpc) is 0. The second-order valence-corrected chi connectivity index (χ2v) is 0. The summed E-state index contributed by atoms with van der Waals surface area (Å²) in [6.45, 7) is 0. The smallest absolute Gasteiger partial charge is 1.00 e. The summed E-state index contributed by atoms with van der Waals surface area (Å²) in [7, 11) is 0. The summed E-state index contributed by atoms with van der Waals surface area (Å²) in [6.07, 6.45) is 0. The second kappa shape index (κ2) is 24.3. The van der Waals surface area contributed by atoms with Gasteiger partial charge in [0, 0.05) is 18.6 Å². The van der Waals surface area contributed by atoms with E-state index in [0.717, 1.165) is 0 Å². The number of rotatable bonds is 0. The summed E-state index contributed by atoms with van der Waals surface area (Å²) < 4.78 is 0. The third kappa shape index (κ3) is 17.9. The molecule has 0 heterocycles. The first kappa shape index (κ1) is 35.5. The molecule has 0 rings (SSSR count). The van der Waals surface area contributed by atoms with Crippen LogP contribution in [-0.2, 0) is 24.0 Å². The molecule has 1 nitrogen and oxygen atoms in total. The minimum atomic E-state index is 0. The van der Waals surface area contributed by atoms with E-state index in [1.54, 1.807) is 0 Å². The molecule has 5 heavy (non-hydrogen) atoms. The Morgan fingerprint density at radius 1 is 0.800 bits per heavy atom. The maximum Gasteiger partial charge on any atom is 1.00 e. The molecule has 0 saturated carbocycles. The van der Waals surface area contributed by atoms with Gasteiger partial charge < -0.3 is 17.9 Å². The molecule has 0 N–H and O–H groups in total. The van der Waals surface area contributed by atoms with Crippen molar-refractivity contribution in [1.29, 1.82) is 0 Å². The van der Waals surface area contributed by atoms with E-state index < -0.39 is 0 Å². The molecular formula is ClK2OV-. The molecule has 0 amide bonds. The molecule has 0 aliphatic carbocycles. The zero-order chi connectivity index (χ0) is 0. The van der Waals surface area contributed by atoms with Crippen LogP contribution in [0.25, 0.3) is 0 Å². The van der Waals surface area contributed by atoms with Crippen LogP contribution in [0.2, 0.25) is 0 Å². The Bertz CT molecular complexity index is 9.61. The zero-order valence-electron chi connectivity index (χ0n) is 3.23. The van der Waals surface area contributed by atoms with Gasteiger partial charge in [0.1, 0.15) is 0 Å². The summed E-state index contributed by atoms with van der Waals surface area (Å²) >= 11 is 0. The van der Waals surface area contributed by atoms with Crippen molar-refractivity contribution in [3.8, 4) is 0 Å². The average molecular weight is 181 g/mol. The van der Waals surface area contributed by atoms with Crippen molar-refractivity contribution in [3.63, 3.8) is 0 Å². The van der Waals surface area contributed by atoms with E-state index in [-0.39, 0.29) is 139 Å². The third-order valence-corrected chi connectivity index (χ3v) is 0. The van der Waals surface area contributed by atoms with Crippen LogP contribution in [0.15, 0.2) is 0 Å². The SMILES string of the molecule is [Cl-].[K+].[K+].[O-2].[V]. The fourth-order valence-corrected chi connectivity index (χ4v) is 0. The van der Waals surface area contributed by atoms with E-state index in [1.807, 2.05) is 0 Å². The van der Waals surface area contributed by atoms with E-state index in [1.165, 1.54) is 0 Å². The van der Waals surface area contributed by atoms with Gasteiger partial charge in [-0.3, -0.25) is 0 Å². The van der Waals surface area contributed by atoms with Crippen LogP contribution in [-0.4, -0.2) is 0 Å². The van der Waals surface area contributed by atoms with Crippen LogP contribution in [0.1, 0.15) is 0 Å². The first-order valence-electron chi connectivity index (χ1n) is 0. The molecule has 0 unspecified atom stereocenters. The van der Waals surface area contributed by atoms with E-state index in [9.17, 15) is 0 Å². The van der Waals surface area contributed by atoms with Crippen molar-refractivity contribution in [1.82, 2.24) is 0 Å². The molecule has 5 heteroatoms. The molecule has 0 aliphatic heterocycles. The largest absolute Gasteiger partial charge is 2.00 e. The normalized spacial score (nSPS) is 0. The summed E-state index contributed by atoms with van der Waals surface area (Å²) in [6, 6.07) is 0. The van der Waals surface area contributed by atoms with Crippen molar-refractivity contribution in [2.45, 2.75) is 0 Å². The first-order valence-corrected chi connectivity index (χ1v) is 0. The Kier molecular flexibility index (Phi) is 172. The maximum absolute atomic E-state index is 0. The van der Waals surface area contributed by atoms with Crippen molar-refractivity contribution in [2.24, 2.45) is 0 Å². The standard InChI is InChI=1S/ClH.2K.O.V/h1H;;;;/q;2*+1;-2;/p-1. The molecular weight excluding hydrogens is 181 g/mol. The van der Waals surface area contributed by atoms with Gasteiger partial charge in [0.25, 0.3) is 0 Å². The van der Waals surface area contributed by atoms with Gasteiger partial charge in [0.15, 0.2) is 0 Å². The van der Waals surface area contributed by atoms with Crippen molar-refractivity contribution in [2.75, 3.05) is 0 Å². The summed E-state index contributed by atoms with van der Waals surface area (Å²) in [5.41, 5.74) is 0. The van der Waals surface area contributed by atoms with Gasteiger partial charge in [0.2, 0.25) is 0 Å². The molecule has 21 valence electrons.